The summed E-state index contributed by atoms with van der Waals surface area (Å²) in [5.74, 6) is 1.13. The quantitative estimate of drug-likeness (QED) is 0.822. The Bertz CT molecular complexity index is 435. The Morgan fingerprint density at radius 1 is 1.71 bits per heavy atom. The van der Waals surface area contributed by atoms with Gasteiger partial charge >= 0.3 is 0 Å². The van der Waals surface area contributed by atoms with Crippen LogP contribution < -0.4 is 11.1 Å². The molecule has 3 N–H and O–H groups in total. The molecule has 1 aromatic rings. The molecule has 2 heterocycles. The maximum atomic E-state index is 8.72. The van der Waals surface area contributed by atoms with Crippen molar-refractivity contribution in [2.75, 3.05) is 24.3 Å². The molecule has 2 unspecified atom stereocenters. The van der Waals surface area contributed by atoms with Crippen molar-refractivity contribution in [3.8, 4) is 6.07 Å². The van der Waals surface area contributed by atoms with Gasteiger partial charge in [-0.05, 0) is 19.4 Å². The van der Waals surface area contributed by atoms with Crippen LogP contribution in [0.15, 0.2) is 12.3 Å². The van der Waals surface area contributed by atoms with E-state index in [0.29, 0.717) is 23.0 Å². The molecular weight excluding hydrogens is 216 g/mol. The molecule has 17 heavy (non-hydrogen) atoms. The summed E-state index contributed by atoms with van der Waals surface area (Å²) in [6, 6.07) is 3.91. The van der Waals surface area contributed by atoms with Crippen LogP contribution in [0.25, 0.3) is 0 Å². The van der Waals surface area contributed by atoms with Crippen LogP contribution in [0.5, 0.6) is 0 Å². The molecule has 0 saturated carbocycles. The lowest BCUT2D eigenvalue weighted by molar-refractivity contribution is 0.183. The normalized spacial score (nSPS) is 20.8. The lowest BCUT2D eigenvalue weighted by Gasteiger charge is -2.20. The SMILES string of the molecule is CC(Nc1ncc(C#N)cc1N)C1CCOC1. The lowest BCUT2D eigenvalue weighted by Crippen LogP contribution is -2.27. The molecule has 0 bridgehead atoms. The summed E-state index contributed by atoms with van der Waals surface area (Å²) < 4.78 is 5.35. The van der Waals surface area contributed by atoms with Gasteiger partial charge in [-0.2, -0.15) is 5.26 Å². The topological polar surface area (TPSA) is 84.0 Å². The molecule has 0 aromatic carbocycles. The number of nitrogens with one attached hydrogen (secondary N) is 1. The summed E-state index contributed by atoms with van der Waals surface area (Å²) in [5, 5.41) is 12.0. The molecule has 5 nitrogen and oxygen atoms in total. The zero-order valence-electron chi connectivity index (χ0n) is 9.81. The first-order chi connectivity index (χ1) is 8.20. The summed E-state index contributed by atoms with van der Waals surface area (Å²) in [7, 11) is 0. The van der Waals surface area contributed by atoms with Gasteiger partial charge in [0.25, 0.3) is 0 Å². The van der Waals surface area contributed by atoms with E-state index in [-0.39, 0.29) is 6.04 Å². The Labute approximate surface area is 101 Å². The van der Waals surface area contributed by atoms with Gasteiger partial charge in [0.1, 0.15) is 11.9 Å². The molecule has 1 aromatic heterocycles. The second-order valence-electron chi connectivity index (χ2n) is 4.33. The van der Waals surface area contributed by atoms with Crippen molar-refractivity contribution >= 4 is 11.5 Å². The zero-order chi connectivity index (χ0) is 12.3. The summed E-state index contributed by atoms with van der Waals surface area (Å²) in [4.78, 5) is 4.16. The van der Waals surface area contributed by atoms with Gasteiger partial charge in [-0.15, -0.1) is 0 Å². The van der Waals surface area contributed by atoms with Gasteiger partial charge in [0.05, 0.1) is 17.9 Å². The minimum atomic E-state index is 0.264. The Kier molecular flexibility index (Phi) is 3.45. The first kappa shape index (κ1) is 11.7. The van der Waals surface area contributed by atoms with E-state index < -0.39 is 0 Å². The van der Waals surface area contributed by atoms with E-state index >= 15 is 0 Å². The molecule has 0 radical (unpaired) electrons. The number of nitrogens with zero attached hydrogens (tertiary/aromatic N) is 2. The van der Waals surface area contributed by atoms with Gasteiger partial charge in [0.15, 0.2) is 0 Å². The average molecular weight is 232 g/mol. The highest BCUT2D eigenvalue weighted by atomic mass is 16.5. The number of aromatic nitrogens is 1. The minimum absolute atomic E-state index is 0.264. The minimum Gasteiger partial charge on any atom is -0.396 e. The van der Waals surface area contributed by atoms with Gasteiger partial charge in [-0.1, -0.05) is 0 Å². The van der Waals surface area contributed by atoms with Crippen molar-refractivity contribution < 1.29 is 4.74 Å². The standard InChI is InChI=1S/C12H16N4O/c1-8(10-2-3-17-7-10)16-12-11(14)4-9(5-13)6-15-12/h4,6,8,10H,2-3,7,14H2,1H3,(H,15,16). The fourth-order valence-corrected chi connectivity index (χ4v) is 1.94. The molecule has 2 atom stereocenters. The third kappa shape index (κ3) is 2.66. The number of anilines is 2. The first-order valence-corrected chi connectivity index (χ1v) is 5.70. The van der Waals surface area contributed by atoms with E-state index in [0.717, 1.165) is 19.6 Å². The number of nitrogens with two attached hydrogens (primary N) is 1. The highest BCUT2D eigenvalue weighted by Gasteiger charge is 2.22. The van der Waals surface area contributed by atoms with E-state index in [1.165, 1.54) is 6.20 Å². The van der Waals surface area contributed by atoms with Gasteiger partial charge in [0, 0.05) is 24.8 Å². The third-order valence-corrected chi connectivity index (χ3v) is 3.08. The van der Waals surface area contributed by atoms with E-state index in [2.05, 4.69) is 17.2 Å². The van der Waals surface area contributed by atoms with Crippen LogP contribution in [-0.2, 0) is 4.74 Å². The number of hydrogen-bond donors (Lipinski definition) is 2. The van der Waals surface area contributed by atoms with Gasteiger partial charge in [-0.25, -0.2) is 4.98 Å². The predicted molar refractivity (Wildman–Crippen MR) is 65.4 cm³/mol. The molecule has 5 heteroatoms. The highest BCUT2D eigenvalue weighted by Crippen LogP contribution is 2.22. The molecule has 0 aliphatic carbocycles. The summed E-state index contributed by atoms with van der Waals surface area (Å²) >= 11 is 0. The van der Waals surface area contributed by atoms with Crippen molar-refractivity contribution in [3.05, 3.63) is 17.8 Å². The summed E-state index contributed by atoms with van der Waals surface area (Å²) in [6.07, 6.45) is 2.58. The van der Waals surface area contributed by atoms with Crippen molar-refractivity contribution in [1.29, 1.82) is 5.26 Å². The van der Waals surface area contributed by atoms with Crippen LogP contribution >= 0.6 is 0 Å². The van der Waals surface area contributed by atoms with Crippen LogP contribution in [0.1, 0.15) is 18.9 Å². The number of ether oxygens (including phenoxy) is 1. The zero-order valence-corrected chi connectivity index (χ0v) is 9.81. The molecule has 90 valence electrons. The third-order valence-electron chi connectivity index (χ3n) is 3.08. The first-order valence-electron chi connectivity index (χ1n) is 5.70. The Balaban J connectivity index is 2.05. The van der Waals surface area contributed by atoms with Gasteiger partial charge in [0.2, 0.25) is 0 Å². The monoisotopic (exact) mass is 232 g/mol. The fraction of sp³-hybridized carbons (Fsp3) is 0.500. The Hall–Kier alpha value is -1.80. The van der Waals surface area contributed by atoms with E-state index in [1.54, 1.807) is 6.07 Å². The molecule has 1 aliphatic heterocycles. The lowest BCUT2D eigenvalue weighted by atomic mass is 10.0. The number of nitrogen functional groups attached to an aromatic ring is 1. The average Bonchev–Trinajstić information content (AvgIpc) is 2.85. The van der Waals surface area contributed by atoms with Crippen molar-refractivity contribution in [1.82, 2.24) is 4.98 Å². The van der Waals surface area contributed by atoms with Crippen molar-refractivity contribution in [3.63, 3.8) is 0 Å². The fourth-order valence-electron chi connectivity index (χ4n) is 1.94. The van der Waals surface area contributed by atoms with Crippen molar-refractivity contribution in [2.45, 2.75) is 19.4 Å². The maximum Gasteiger partial charge on any atom is 0.149 e. The molecular formula is C12H16N4O. The van der Waals surface area contributed by atoms with Crippen molar-refractivity contribution in [2.24, 2.45) is 5.92 Å². The van der Waals surface area contributed by atoms with Gasteiger partial charge < -0.3 is 15.8 Å². The van der Waals surface area contributed by atoms with Crippen LogP contribution in [0, 0.1) is 17.2 Å². The Morgan fingerprint density at radius 3 is 3.12 bits per heavy atom. The van der Waals surface area contributed by atoms with Crippen LogP contribution in [0.2, 0.25) is 0 Å². The molecule has 0 spiro atoms. The van der Waals surface area contributed by atoms with Gasteiger partial charge in [-0.3, -0.25) is 0 Å². The largest absolute Gasteiger partial charge is 0.396 e. The summed E-state index contributed by atoms with van der Waals surface area (Å²) in [5.41, 5.74) is 6.82. The summed E-state index contributed by atoms with van der Waals surface area (Å²) in [6.45, 7) is 3.70. The number of pyridine rings is 1. The second kappa shape index (κ2) is 5.02. The Morgan fingerprint density at radius 2 is 2.53 bits per heavy atom. The predicted octanol–water partition coefficient (Wildman–Crippen LogP) is 1.37. The molecule has 0 amide bonds. The molecule has 1 saturated heterocycles. The van der Waals surface area contributed by atoms with E-state index in [9.17, 15) is 0 Å². The molecule has 2 rings (SSSR count). The molecule has 1 aliphatic rings. The number of rotatable bonds is 3. The maximum absolute atomic E-state index is 8.72. The van der Waals surface area contributed by atoms with E-state index in [4.69, 9.17) is 15.7 Å². The van der Waals surface area contributed by atoms with Crippen LogP contribution in [0.4, 0.5) is 11.5 Å². The smallest absolute Gasteiger partial charge is 0.149 e. The van der Waals surface area contributed by atoms with E-state index in [1.807, 2.05) is 6.07 Å². The number of nitriles is 1. The van der Waals surface area contributed by atoms with Crippen LogP contribution in [0.3, 0.4) is 0 Å². The highest BCUT2D eigenvalue weighted by molar-refractivity contribution is 5.63. The number of hydrogen-bond acceptors (Lipinski definition) is 5. The van der Waals surface area contributed by atoms with Crippen LogP contribution in [-0.4, -0.2) is 24.2 Å². The molecule has 1 fully saturated rings. The second-order valence-corrected chi connectivity index (χ2v) is 4.33.